The zero-order valence-corrected chi connectivity index (χ0v) is 11.3. The molecule has 0 bridgehead atoms. The highest BCUT2D eigenvalue weighted by Gasteiger charge is 2.19. The lowest BCUT2D eigenvalue weighted by atomic mass is 10.1. The Morgan fingerprint density at radius 3 is 2.63 bits per heavy atom. The van der Waals surface area contributed by atoms with Crippen molar-refractivity contribution in [3.8, 4) is 22.6 Å². The predicted molar refractivity (Wildman–Crippen MR) is 75.1 cm³/mol. The van der Waals surface area contributed by atoms with Crippen molar-refractivity contribution in [2.45, 2.75) is 0 Å². The number of anilines is 1. The summed E-state index contributed by atoms with van der Waals surface area (Å²) in [5, 5.41) is 3.95. The molecule has 19 heavy (non-hydrogen) atoms. The fourth-order valence-corrected chi connectivity index (χ4v) is 2.20. The molecule has 0 aliphatic rings. The van der Waals surface area contributed by atoms with Crippen molar-refractivity contribution in [2.24, 2.45) is 0 Å². The number of nitrogens with two attached hydrogens (primary N) is 1. The van der Waals surface area contributed by atoms with Gasteiger partial charge in [-0.3, -0.25) is 0 Å². The number of aromatic nitrogens is 3. The van der Waals surface area contributed by atoms with Gasteiger partial charge in [-0.25, -0.2) is 9.97 Å². The second-order valence-electron chi connectivity index (χ2n) is 3.85. The summed E-state index contributed by atoms with van der Waals surface area (Å²) in [4.78, 5) is 8.34. The molecule has 0 radical (unpaired) electrons. The minimum Gasteiger partial charge on any atom is -0.367 e. The summed E-state index contributed by atoms with van der Waals surface area (Å²) in [5.74, 6) is 0.735. The number of rotatable bonds is 2. The van der Waals surface area contributed by atoms with Gasteiger partial charge in [0, 0.05) is 16.9 Å². The van der Waals surface area contributed by atoms with Gasteiger partial charge in [-0.2, -0.15) is 0 Å². The van der Waals surface area contributed by atoms with Crippen LogP contribution in [0, 0.1) is 0 Å². The number of nitrogen functional groups attached to an aromatic ring is 1. The van der Waals surface area contributed by atoms with Crippen LogP contribution >= 0.6 is 15.9 Å². The Morgan fingerprint density at radius 2 is 1.89 bits per heavy atom. The first kappa shape index (κ1) is 11.9. The third-order valence-corrected chi connectivity index (χ3v) is 3.10. The Hall–Kier alpha value is -2.21. The molecule has 0 spiro atoms. The standard InChI is InChI=1S/C13H9BrN4O/c14-9-4-1-3-8(7-9)10-11(18-19-12(10)15)13-16-5-2-6-17-13/h1-7H,15H2. The van der Waals surface area contributed by atoms with Crippen LogP contribution in [0.1, 0.15) is 0 Å². The van der Waals surface area contributed by atoms with Gasteiger partial charge in [0.2, 0.25) is 5.88 Å². The van der Waals surface area contributed by atoms with Crippen LogP contribution in [0.2, 0.25) is 0 Å². The largest absolute Gasteiger partial charge is 0.367 e. The van der Waals surface area contributed by atoms with Crippen molar-refractivity contribution in [3.63, 3.8) is 0 Å². The molecule has 1 aromatic carbocycles. The van der Waals surface area contributed by atoms with Gasteiger partial charge in [0.25, 0.3) is 0 Å². The quantitative estimate of drug-likeness (QED) is 0.785. The molecular weight excluding hydrogens is 308 g/mol. The molecule has 0 aliphatic carbocycles. The first-order valence-corrected chi connectivity index (χ1v) is 6.33. The molecule has 0 saturated heterocycles. The van der Waals surface area contributed by atoms with Crippen molar-refractivity contribution in [3.05, 3.63) is 47.2 Å². The highest BCUT2D eigenvalue weighted by molar-refractivity contribution is 9.10. The van der Waals surface area contributed by atoms with Gasteiger partial charge in [0.15, 0.2) is 11.5 Å². The highest BCUT2D eigenvalue weighted by atomic mass is 79.9. The number of halogens is 1. The minimum absolute atomic E-state index is 0.251. The molecule has 3 rings (SSSR count). The second kappa shape index (κ2) is 4.81. The van der Waals surface area contributed by atoms with E-state index in [-0.39, 0.29) is 5.88 Å². The van der Waals surface area contributed by atoms with E-state index >= 15 is 0 Å². The zero-order chi connectivity index (χ0) is 13.2. The van der Waals surface area contributed by atoms with E-state index < -0.39 is 0 Å². The van der Waals surface area contributed by atoms with Crippen LogP contribution < -0.4 is 5.73 Å². The van der Waals surface area contributed by atoms with Gasteiger partial charge < -0.3 is 10.3 Å². The maximum absolute atomic E-state index is 5.86. The molecule has 2 N–H and O–H groups in total. The lowest BCUT2D eigenvalue weighted by Crippen LogP contribution is -1.91. The fraction of sp³-hybridized carbons (Fsp3) is 0. The van der Waals surface area contributed by atoms with Crippen molar-refractivity contribution in [1.82, 2.24) is 15.1 Å². The smallest absolute Gasteiger partial charge is 0.230 e. The van der Waals surface area contributed by atoms with Crippen LogP contribution in [0.5, 0.6) is 0 Å². The van der Waals surface area contributed by atoms with Gasteiger partial charge in [-0.1, -0.05) is 33.2 Å². The molecule has 2 heterocycles. The first-order chi connectivity index (χ1) is 9.25. The third kappa shape index (κ3) is 2.22. The molecule has 3 aromatic rings. The van der Waals surface area contributed by atoms with Gasteiger partial charge in [0.1, 0.15) is 0 Å². The van der Waals surface area contributed by atoms with Crippen LogP contribution in [0.3, 0.4) is 0 Å². The Kier molecular flexibility index (Phi) is 3.00. The number of benzene rings is 1. The average molecular weight is 317 g/mol. The SMILES string of the molecule is Nc1onc(-c2ncccn2)c1-c1cccc(Br)c1. The minimum atomic E-state index is 0.251. The number of nitrogens with zero attached hydrogens (tertiary/aromatic N) is 3. The molecule has 0 aliphatic heterocycles. The maximum Gasteiger partial charge on any atom is 0.230 e. The van der Waals surface area contributed by atoms with Crippen LogP contribution in [-0.4, -0.2) is 15.1 Å². The summed E-state index contributed by atoms with van der Waals surface area (Å²) < 4.78 is 6.03. The van der Waals surface area contributed by atoms with Crippen molar-refractivity contribution in [1.29, 1.82) is 0 Å². The maximum atomic E-state index is 5.86. The second-order valence-corrected chi connectivity index (χ2v) is 4.77. The van der Waals surface area contributed by atoms with E-state index in [1.54, 1.807) is 18.5 Å². The van der Waals surface area contributed by atoms with Crippen LogP contribution in [0.25, 0.3) is 22.6 Å². The predicted octanol–water partition coefficient (Wildman–Crippen LogP) is 3.14. The Balaban J connectivity index is 2.20. The third-order valence-electron chi connectivity index (χ3n) is 2.61. The molecule has 0 saturated carbocycles. The summed E-state index contributed by atoms with van der Waals surface area (Å²) in [6.45, 7) is 0. The van der Waals surface area contributed by atoms with E-state index in [0.29, 0.717) is 17.1 Å². The van der Waals surface area contributed by atoms with Crippen molar-refractivity contribution < 1.29 is 4.52 Å². The molecule has 0 amide bonds. The van der Waals surface area contributed by atoms with Crippen LogP contribution in [-0.2, 0) is 0 Å². The molecule has 0 atom stereocenters. The van der Waals surface area contributed by atoms with Crippen molar-refractivity contribution >= 4 is 21.8 Å². The van der Waals surface area contributed by atoms with E-state index in [1.165, 1.54) is 0 Å². The van der Waals surface area contributed by atoms with E-state index in [4.69, 9.17) is 10.3 Å². The lowest BCUT2D eigenvalue weighted by Gasteiger charge is -2.02. The van der Waals surface area contributed by atoms with E-state index in [1.807, 2.05) is 24.3 Å². The monoisotopic (exact) mass is 316 g/mol. The van der Waals surface area contributed by atoms with Crippen LogP contribution in [0.15, 0.2) is 51.7 Å². The number of hydrogen-bond donors (Lipinski definition) is 1. The summed E-state index contributed by atoms with van der Waals surface area (Å²) in [6.07, 6.45) is 3.30. The highest BCUT2D eigenvalue weighted by Crippen LogP contribution is 2.35. The normalized spacial score (nSPS) is 10.6. The Labute approximate surface area is 117 Å². The summed E-state index contributed by atoms with van der Waals surface area (Å²) in [6, 6.07) is 9.47. The number of hydrogen-bond acceptors (Lipinski definition) is 5. The van der Waals surface area contributed by atoms with Crippen molar-refractivity contribution in [2.75, 3.05) is 5.73 Å². The molecule has 0 fully saturated rings. The first-order valence-electron chi connectivity index (χ1n) is 5.54. The van der Waals surface area contributed by atoms with Gasteiger partial charge in [-0.15, -0.1) is 0 Å². The van der Waals surface area contributed by atoms with Gasteiger partial charge in [0.05, 0.1) is 5.56 Å². The molecular formula is C13H9BrN4O. The Bertz CT molecular complexity index is 712. The van der Waals surface area contributed by atoms with Gasteiger partial charge >= 0.3 is 0 Å². The average Bonchev–Trinajstić information content (AvgIpc) is 2.82. The lowest BCUT2D eigenvalue weighted by molar-refractivity contribution is 0.439. The Morgan fingerprint density at radius 1 is 1.11 bits per heavy atom. The topological polar surface area (TPSA) is 77.8 Å². The molecule has 94 valence electrons. The van der Waals surface area contributed by atoms with Crippen LogP contribution in [0.4, 0.5) is 5.88 Å². The summed E-state index contributed by atoms with van der Waals surface area (Å²) in [7, 11) is 0. The van der Waals surface area contributed by atoms with E-state index in [0.717, 1.165) is 10.0 Å². The molecule has 2 aromatic heterocycles. The van der Waals surface area contributed by atoms with E-state index in [2.05, 4.69) is 31.1 Å². The molecule has 6 heteroatoms. The zero-order valence-electron chi connectivity index (χ0n) is 9.75. The van der Waals surface area contributed by atoms with E-state index in [9.17, 15) is 0 Å². The fourth-order valence-electron chi connectivity index (χ4n) is 1.80. The summed E-state index contributed by atoms with van der Waals surface area (Å²) >= 11 is 3.43. The summed E-state index contributed by atoms with van der Waals surface area (Å²) in [5.41, 5.74) is 8.00. The molecule has 0 unspecified atom stereocenters. The van der Waals surface area contributed by atoms with Gasteiger partial charge in [-0.05, 0) is 23.8 Å². The molecule has 5 nitrogen and oxygen atoms in total.